The summed E-state index contributed by atoms with van der Waals surface area (Å²) < 4.78 is 10.5. The number of amides is 2. The Bertz CT molecular complexity index is 836. The van der Waals surface area contributed by atoms with Crippen molar-refractivity contribution in [3.05, 3.63) is 41.2 Å². The lowest BCUT2D eigenvalue weighted by Gasteiger charge is -2.30. The molecule has 0 atom stereocenters. The average molecular weight is 372 g/mol. The largest absolute Gasteiger partial charge is 0.497 e. The van der Waals surface area contributed by atoms with E-state index in [-0.39, 0.29) is 18.1 Å². The Kier molecular flexibility index (Phi) is 5.07. The lowest BCUT2D eigenvalue weighted by molar-refractivity contribution is 0.0222. The third-order valence-electron chi connectivity index (χ3n) is 4.15. The number of methoxy groups -OCH3 is 1. The summed E-state index contributed by atoms with van der Waals surface area (Å²) in [7, 11) is 1.58. The van der Waals surface area contributed by atoms with Crippen LogP contribution in [0, 0.1) is 0 Å². The van der Waals surface area contributed by atoms with E-state index in [1.165, 1.54) is 0 Å². The molecule has 0 aliphatic carbocycles. The highest BCUT2D eigenvalue weighted by molar-refractivity contribution is 6.04. The number of H-pyrrole nitrogens is 1. The number of rotatable bonds is 3. The smallest absolute Gasteiger partial charge is 0.410 e. The highest BCUT2D eigenvalue weighted by Gasteiger charge is 2.30. The van der Waals surface area contributed by atoms with Gasteiger partial charge in [0.15, 0.2) is 5.69 Å². The maximum Gasteiger partial charge on any atom is 0.410 e. The Morgan fingerprint density at radius 3 is 2.56 bits per heavy atom. The number of aromatic nitrogens is 2. The van der Waals surface area contributed by atoms with Crippen molar-refractivity contribution in [3.8, 4) is 5.75 Å². The predicted octanol–water partition coefficient (Wildman–Crippen LogP) is 2.96. The van der Waals surface area contributed by atoms with Crippen molar-refractivity contribution >= 4 is 17.7 Å². The summed E-state index contributed by atoms with van der Waals surface area (Å²) in [4.78, 5) is 26.6. The number of anilines is 1. The molecular formula is C19H24N4O4. The molecule has 1 aromatic carbocycles. The van der Waals surface area contributed by atoms with Crippen LogP contribution in [0.25, 0.3) is 0 Å². The number of nitrogens with one attached hydrogen (secondary N) is 2. The van der Waals surface area contributed by atoms with Crippen molar-refractivity contribution in [3.63, 3.8) is 0 Å². The molecule has 0 saturated heterocycles. The molecule has 1 aliphatic heterocycles. The van der Waals surface area contributed by atoms with Crippen LogP contribution in [0.2, 0.25) is 0 Å². The molecule has 144 valence electrons. The second-order valence-corrected chi connectivity index (χ2v) is 7.36. The Hall–Kier alpha value is -3.03. The second-order valence-electron chi connectivity index (χ2n) is 7.36. The summed E-state index contributed by atoms with van der Waals surface area (Å²) in [6.07, 6.45) is 0.202. The van der Waals surface area contributed by atoms with Gasteiger partial charge >= 0.3 is 6.09 Å². The fourth-order valence-electron chi connectivity index (χ4n) is 2.83. The van der Waals surface area contributed by atoms with Crippen LogP contribution in [0.1, 0.15) is 42.5 Å². The molecule has 2 aromatic rings. The zero-order valence-corrected chi connectivity index (χ0v) is 16.0. The molecule has 1 aromatic heterocycles. The summed E-state index contributed by atoms with van der Waals surface area (Å²) in [5.74, 6) is 0.377. The highest BCUT2D eigenvalue weighted by atomic mass is 16.6. The number of ether oxygens (including phenoxy) is 2. The fourth-order valence-corrected chi connectivity index (χ4v) is 2.83. The highest BCUT2D eigenvalue weighted by Crippen LogP contribution is 2.23. The van der Waals surface area contributed by atoms with Gasteiger partial charge in [-0.1, -0.05) is 0 Å². The van der Waals surface area contributed by atoms with Crippen LogP contribution in [0.15, 0.2) is 24.3 Å². The van der Waals surface area contributed by atoms with E-state index >= 15 is 0 Å². The summed E-state index contributed by atoms with van der Waals surface area (Å²) in [5.41, 5.74) is 1.95. The van der Waals surface area contributed by atoms with E-state index in [4.69, 9.17) is 9.47 Å². The number of benzene rings is 1. The molecule has 0 radical (unpaired) electrons. The predicted molar refractivity (Wildman–Crippen MR) is 99.9 cm³/mol. The zero-order chi connectivity index (χ0) is 19.6. The first-order valence-corrected chi connectivity index (χ1v) is 8.76. The van der Waals surface area contributed by atoms with Crippen molar-refractivity contribution in [1.29, 1.82) is 0 Å². The fraction of sp³-hybridized carbons (Fsp3) is 0.421. The van der Waals surface area contributed by atoms with Crippen molar-refractivity contribution in [2.75, 3.05) is 19.0 Å². The van der Waals surface area contributed by atoms with Crippen LogP contribution in [0.4, 0.5) is 10.5 Å². The van der Waals surface area contributed by atoms with Gasteiger partial charge in [0.25, 0.3) is 5.91 Å². The summed E-state index contributed by atoms with van der Waals surface area (Å²) in [6, 6.07) is 7.03. The molecule has 0 spiro atoms. The topological polar surface area (TPSA) is 96.5 Å². The number of hydrogen-bond donors (Lipinski definition) is 2. The molecule has 0 saturated carbocycles. The molecule has 8 nitrogen and oxygen atoms in total. The van der Waals surface area contributed by atoms with Crippen LogP contribution in [0.5, 0.6) is 5.75 Å². The number of fused-ring (bicyclic) bond motifs is 1. The van der Waals surface area contributed by atoms with Gasteiger partial charge in [0, 0.05) is 29.9 Å². The first-order valence-electron chi connectivity index (χ1n) is 8.76. The van der Waals surface area contributed by atoms with E-state index in [9.17, 15) is 9.59 Å². The van der Waals surface area contributed by atoms with E-state index in [0.717, 1.165) is 11.3 Å². The normalized spacial score (nSPS) is 13.7. The molecule has 1 aliphatic rings. The third kappa shape index (κ3) is 4.39. The number of aromatic amines is 1. The van der Waals surface area contributed by atoms with Gasteiger partial charge in [-0.25, -0.2) is 4.79 Å². The molecule has 2 amide bonds. The van der Waals surface area contributed by atoms with E-state index in [2.05, 4.69) is 15.5 Å². The van der Waals surface area contributed by atoms with Gasteiger partial charge in [0.1, 0.15) is 11.4 Å². The monoisotopic (exact) mass is 372 g/mol. The first kappa shape index (κ1) is 18.8. The lowest BCUT2D eigenvalue weighted by atomic mass is 10.1. The summed E-state index contributed by atoms with van der Waals surface area (Å²) in [6.45, 7) is 6.28. The number of hydrogen-bond acceptors (Lipinski definition) is 5. The minimum Gasteiger partial charge on any atom is -0.497 e. The Morgan fingerprint density at radius 1 is 1.22 bits per heavy atom. The molecular weight excluding hydrogens is 348 g/mol. The lowest BCUT2D eigenvalue weighted by Crippen LogP contribution is -2.40. The van der Waals surface area contributed by atoms with E-state index in [1.807, 2.05) is 20.8 Å². The summed E-state index contributed by atoms with van der Waals surface area (Å²) >= 11 is 0. The quantitative estimate of drug-likeness (QED) is 0.863. The van der Waals surface area contributed by atoms with Gasteiger partial charge in [-0.05, 0) is 45.0 Å². The van der Waals surface area contributed by atoms with Gasteiger partial charge in [-0.15, -0.1) is 0 Å². The van der Waals surface area contributed by atoms with Crippen LogP contribution in [0.3, 0.4) is 0 Å². The van der Waals surface area contributed by atoms with Gasteiger partial charge in [0.2, 0.25) is 0 Å². The van der Waals surface area contributed by atoms with E-state index in [0.29, 0.717) is 24.4 Å². The Morgan fingerprint density at radius 2 is 1.93 bits per heavy atom. The molecule has 0 fully saturated rings. The Balaban J connectivity index is 1.73. The van der Waals surface area contributed by atoms with Gasteiger partial charge < -0.3 is 19.7 Å². The number of carbonyl (C=O) groups is 2. The van der Waals surface area contributed by atoms with Crippen molar-refractivity contribution in [2.24, 2.45) is 0 Å². The zero-order valence-electron chi connectivity index (χ0n) is 16.0. The van der Waals surface area contributed by atoms with Crippen LogP contribution in [-0.2, 0) is 17.7 Å². The molecule has 8 heteroatoms. The minimum absolute atomic E-state index is 0.284. The molecule has 0 unspecified atom stereocenters. The van der Waals surface area contributed by atoms with Gasteiger partial charge in [-0.3, -0.25) is 9.89 Å². The maximum atomic E-state index is 12.6. The molecule has 0 bridgehead atoms. The number of carbonyl (C=O) groups excluding carboxylic acids is 2. The average Bonchev–Trinajstić information content (AvgIpc) is 3.04. The van der Waals surface area contributed by atoms with Gasteiger partial charge in [0.05, 0.1) is 13.7 Å². The van der Waals surface area contributed by atoms with E-state index < -0.39 is 11.7 Å². The first-order chi connectivity index (χ1) is 12.8. The van der Waals surface area contributed by atoms with Crippen molar-refractivity contribution in [2.45, 2.75) is 39.3 Å². The second kappa shape index (κ2) is 7.30. The van der Waals surface area contributed by atoms with Gasteiger partial charge in [-0.2, -0.15) is 5.10 Å². The molecule has 3 rings (SSSR count). The van der Waals surface area contributed by atoms with Crippen LogP contribution >= 0.6 is 0 Å². The standard InChI is InChI=1S/C19H24N4O4/c1-19(2,3)27-18(25)23-10-9-15-14(11-23)16(22-21-15)17(24)20-12-5-7-13(26-4)8-6-12/h5-8H,9-11H2,1-4H3,(H,20,24)(H,21,22). The number of nitrogens with zero attached hydrogens (tertiary/aromatic N) is 2. The van der Waals surface area contributed by atoms with E-state index in [1.54, 1.807) is 36.3 Å². The molecule has 2 N–H and O–H groups in total. The SMILES string of the molecule is COc1ccc(NC(=O)c2n[nH]c3c2CN(C(=O)OC(C)(C)C)CC3)cc1. The minimum atomic E-state index is -0.567. The van der Waals surface area contributed by atoms with Crippen molar-refractivity contribution in [1.82, 2.24) is 15.1 Å². The van der Waals surface area contributed by atoms with Crippen LogP contribution in [-0.4, -0.2) is 46.4 Å². The summed E-state index contributed by atoms with van der Waals surface area (Å²) in [5, 5.41) is 9.88. The Labute approximate surface area is 157 Å². The third-order valence-corrected chi connectivity index (χ3v) is 4.15. The van der Waals surface area contributed by atoms with Crippen LogP contribution < -0.4 is 10.1 Å². The molecule has 2 heterocycles. The maximum absolute atomic E-state index is 12.6. The molecule has 27 heavy (non-hydrogen) atoms. The van der Waals surface area contributed by atoms with Crippen molar-refractivity contribution < 1.29 is 19.1 Å².